The molecule has 1 amide bonds. The lowest BCUT2D eigenvalue weighted by Gasteiger charge is -2.40. The van der Waals surface area contributed by atoms with Crippen LogP contribution in [-0.2, 0) is 26.1 Å². The molecule has 1 N–H and O–H groups in total. The van der Waals surface area contributed by atoms with Crippen molar-refractivity contribution in [1.82, 2.24) is 9.62 Å². The summed E-state index contributed by atoms with van der Waals surface area (Å²) in [6.07, 6.45) is -0.141. The van der Waals surface area contributed by atoms with Crippen molar-refractivity contribution in [2.45, 2.75) is 50.2 Å². The first-order chi connectivity index (χ1) is 10.1. The molecule has 124 valence electrons. The molecular formula is C14H22N2O4S2. The highest BCUT2D eigenvalue weighted by Crippen LogP contribution is 2.29. The van der Waals surface area contributed by atoms with E-state index in [1.54, 1.807) is 12.1 Å². The maximum absolute atomic E-state index is 12.8. The van der Waals surface area contributed by atoms with Crippen molar-refractivity contribution < 1.29 is 17.9 Å². The first-order valence-electron chi connectivity index (χ1n) is 7.11. The zero-order valence-electron chi connectivity index (χ0n) is 13.3. The van der Waals surface area contributed by atoms with Gasteiger partial charge in [-0.15, -0.1) is 11.3 Å². The summed E-state index contributed by atoms with van der Waals surface area (Å²) >= 11 is 1.19. The van der Waals surface area contributed by atoms with Gasteiger partial charge in [0.05, 0.1) is 18.2 Å². The molecule has 1 atom stereocenters. The monoisotopic (exact) mass is 346 g/mol. The van der Waals surface area contributed by atoms with Crippen LogP contribution in [0.1, 0.15) is 32.6 Å². The van der Waals surface area contributed by atoms with Crippen LogP contribution in [0.25, 0.3) is 0 Å². The zero-order valence-corrected chi connectivity index (χ0v) is 14.9. The number of amides is 1. The maximum Gasteiger partial charge on any atom is 0.252 e. The van der Waals surface area contributed by atoms with Crippen LogP contribution >= 0.6 is 11.3 Å². The largest absolute Gasteiger partial charge is 0.370 e. The summed E-state index contributed by atoms with van der Waals surface area (Å²) < 4.78 is 33.1. The average Bonchev–Trinajstić information content (AvgIpc) is 2.83. The third-order valence-electron chi connectivity index (χ3n) is 3.28. The first-order valence-corrected chi connectivity index (χ1v) is 9.37. The Balaban J connectivity index is 2.18. The molecule has 1 aromatic heterocycles. The van der Waals surface area contributed by atoms with E-state index in [2.05, 4.69) is 5.32 Å². The van der Waals surface area contributed by atoms with Crippen LogP contribution in [0.3, 0.4) is 0 Å². The summed E-state index contributed by atoms with van der Waals surface area (Å²) in [5, 5.41) is 2.67. The van der Waals surface area contributed by atoms with Gasteiger partial charge in [-0.25, -0.2) is 8.42 Å². The molecule has 1 aliphatic rings. The fourth-order valence-electron chi connectivity index (χ4n) is 2.51. The van der Waals surface area contributed by atoms with E-state index < -0.39 is 15.6 Å². The number of hydrogen-bond donors (Lipinski definition) is 1. The second kappa shape index (κ2) is 6.27. The van der Waals surface area contributed by atoms with Crippen LogP contribution in [0.15, 0.2) is 16.3 Å². The van der Waals surface area contributed by atoms with Gasteiger partial charge in [0.2, 0.25) is 5.91 Å². The van der Waals surface area contributed by atoms with Gasteiger partial charge in [0.1, 0.15) is 4.21 Å². The number of morpholine rings is 1. The van der Waals surface area contributed by atoms with Gasteiger partial charge in [0.25, 0.3) is 10.0 Å². The molecule has 1 saturated heterocycles. The maximum atomic E-state index is 12.8. The topological polar surface area (TPSA) is 75.7 Å². The molecule has 6 nitrogen and oxygen atoms in total. The van der Waals surface area contributed by atoms with E-state index in [9.17, 15) is 13.2 Å². The molecule has 0 spiro atoms. The number of rotatable bonds is 4. The average molecular weight is 346 g/mol. The highest BCUT2D eigenvalue weighted by Gasteiger charge is 2.38. The summed E-state index contributed by atoms with van der Waals surface area (Å²) in [7, 11) is -3.52. The SMILES string of the molecule is CC(=O)NCc1ccc(S(=O)(=O)N2CC(C)OC(C)(C)C2)s1. The van der Waals surface area contributed by atoms with E-state index in [1.165, 1.54) is 22.6 Å². The van der Waals surface area contributed by atoms with Crippen LogP contribution in [0.2, 0.25) is 0 Å². The normalized spacial score (nSPS) is 22.5. The molecule has 0 saturated carbocycles. The second-order valence-electron chi connectivity index (χ2n) is 6.12. The molecule has 1 aliphatic heterocycles. The summed E-state index contributed by atoms with van der Waals surface area (Å²) in [5.41, 5.74) is -0.499. The van der Waals surface area contributed by atoms with Crippen LogP contribution < -0.4 is 5.32 Å². The molecule has 0 radical (unpaired) electrons. The molecule has 2 rings (SSSR count). The molecule has 1 fully saturated rings. The van der Waals surface area contributed by atoms with E-state index in [1.807, 2.05) is 20.8 Å². The van der Waals surface area contributed by atoms with E-state index in [0.717, 1.165) is 4.88 Å². The Morgan fingerprint density at radius 3 is 2.77 bits per heavy atom. The minimum atomic E-state index is -3.52. The molecule has 0 bridgehead atoms. The van der Waals surface area contributed by atoms with E-state index in [4.69, 9.17) is 4.74 Å². The summed E-state index contributed by atoms with van der Waals surface area (Å²) in [6.45, 7) is 8.12. The number of carbonyl (C=O) groups is 1. The number of ether oxygens (including phenoxy) is 1. The summed E-state index contributed by atoms with van der Waals surface area (Å²) in [4.78, 5) is 11.7. The molecule has 22 heavy (non-hydrogen) atoms. The smallest absolute Gasteiger partial charge is 0.252 e. The Hall–Kier alpha value is -0.960. The second-order valence-corrected chi connectivity index (χ2v) is 9.45. The summed E-state index contributed by atoms with van der Waals surface area (Å²) in [5.74, 6) is -0.137. The molecule has 0 aromatic carbocycles. The van der Waals surface area contributed by atoms with E-state index >= 15 is 0 Å². The number of sulfonamides is 1. The number of nitrogens with zero attached hydrogens (tertiary/aromatic N) is 1. The number of hydrogen-bond acceptors (Lipinski definition) is 5. The minimum absolute atomic E-state index is 0.137. The molecule has 1 aromatic rings. The lowest BCUT2D eigenvalue weighted by Crippen LogP contribution is -2.53. The van der Waals surface area contributed by atoms with E-state index in [0.29, 0.717) is 23.8 Å². The van der Waals surface area contributed by atoms with E-state index in [-0.39, 0.29) is 12.0 Å². The fraction of sp³-hybridized carbons (Fsp3) is 0.643. The number of thiophene rings is 1. The predicted octanol–water partition coefficient (Wildman–Crippen LogP) is 1.57. The van der Waals surface area contributed by atoms with Gasteiger partial charge in [-0.3, -0.25) is 4.79 Å². The molecule has 2 heterocycles. The third kappa shape index (κ3) is 4.07. The fourth-order valence-corrected chi connectivity index (χ4v) is 5.62. The standard InChI is InChI=1S/C14H22N2O4S2/c1-10-8-16(9-14(3,4)20-10)22(18,19)13-6-5-12(21-13)7-15-11(2)17/h5-6,10H,7-9H2,1-4H3,(H,15,17). The minimum Gasteiger partial charge on any atom is -0.370 e. The molecular weight excluding hydrogens is 324 g/mol. The lowest BCUT2D eigenvalue weighted by molar-refractivity contribution is -0.119. The molecule has 0 aliphatic carbocycles. The van der Waals surface area contributed by atoms with Crippen molar-refractivity contribution in [1.29, 1.82) is 0 Å². The highest BCUT2D eigenvalue weighted by molar-refractivity contribution is 7.91. The van der Waals surface area contributed by atoms with Gasteiger partial charge in [-0.1, -0.05) is 0 Å². The van der Waals surface area contributed by atoms with Crippen molar-refractivity contribution in [3.8, 4) is 0 Å². The van der Waals surface area contributed by atoms with Gasteiger partial charge in [-0.2, -0.15) is 4.31 Å². The quantitative estimate of drug-likeness (QED) is 0.898. The van der Waals surface area contributed by atoms with Crippen LogP contribution in [0.5, 0.6) is 0 Å². The molecule has 1 unspecified atom stereocenters. The van der Waals surface area contributed by atoms with Gasteiger partial charge in [0, 0.05) is 24.9 Å². The van der Waals surface area contributed by atoms with Gasteiger partial charge < -0.3 is 10.1 Å². The van der Waals surface area contributed by atoms with Crippen LogP contribution in [-0.4, -0.2) is 43.4 Å². The van der Waals surface area contributed by atoms with Crippen LogP contribution in [0, 0.1) is 0 Å². The number of nitrogens with one attached hydrogen (secondary N) is 1. The predicted molar refractivity (Wildman–Crippen MR) is 85.2 cm³/mol. The first kappa shape index (κ1) is 17.4. The van der Waals surface area contributed by atoms with Crippen molar-refractivity contribution in [3.05, 3.63) is 17.0 Å². The Bertz CT molecular complexity index is 652. The zero-order chi connectivity index (χ0) is 16.5. The summed E-state index contributed by atoms with van der Waals surface area (Å²) in [6, 6.07) is 3.34. The highest BCUT2D eigenvalue weighted by atomic mass is 32.2. The third-order valence-corrected chi connectivity index (χ3v) is 6.65. The Morgan fingerprint density at radius 2 is 2.18 bits per heavy atom. The van der Waals surface area contributed by atoms with Gasteiger partial charge >= 0.3 is 0 Å². The number of carbonyl (C=O) groups excluding carboxylic acids is 1. The Kier molecular flexibility index (Phi) is 4.96. The van der Waals surface area contributed by atoms with Crippen molar-refractivity contribution in [3.63, 3.8) is 0 Å². The van der Waals surface area contributed by atoms with Crippen LogP contribution in [0.4, 0.5) is 0 Å². The Labute approximate surface area is 135 Å². The molecule has 8 heteroatoms. The van der Waals surface area contributed by atoms with Gasteiger partial charge in [0.15, 0.2) is 0 Å². The van der Waals surface area contributed by atoms with Gasteiger partial charge in [-0.05, 0) is 32.9 Å². The van der Waals surface area contributed by atoms with Crippen molar-refractivity contribution in [2.24, 2.45) is 0 Å². The Morgan fingerprint density at radius 1 is 1.50 bits per heavy atom. The lowest BCUT2D eigenvalue weighted by atomic mass is 10.1. The van der Waals surface area contributed by atoms with Crippen molar-refractivity contribution >= 4 is 27.3 Å². The van der Waals surface area contributed by atoms with Crippen molar-refractivity contribution in [2.75, 3.05) is 13.1 Å².